The summed E-state index contributed by atoms with van der Waals surface area (Å²) >= 11 is 0. The Morgan fingerprint density at radius 1 is 1.39 bits per heavy atom. The molecule has 0 saturated carbocycles. The fourth-order valence-corrected chi connectivity index (χ4v) is 2.69. The van der Waals surface area contributed by atoms with E-state index in [1.165, 1.54) is 22.7 Å². The van der Waals surface area contributed by atoms with Crippen LogP contribution in [0.25, 0.3) is 5.57 Å². The average molecular weight is 271 g/mol. The molecule has 0 amide bonds. The van der Waals surface area contributed by atoms with Crippen molar-refractivity contribution in [2.45, 2.75) is 6.42 Å². The van der Waals surface area contributed by atoms with Crippen LogP contribution in [0.4, 0.5) is 4.39 Å². The van der Waals surface area contributed by atoms with Crippen LogP contribution in [-0.2, 0) is 10.0 Å². The van der Waals surface area contributed by atoms with Crippen LogP contribution in [0.1, 0.15) is 12.0 Å². The van der Waals surface area contributed by atoms with Gasteiger partial charge < -0.3 is 5.11 Å². The molecule has 0 atom stereocenters. The van der Waals surface area contributed by atoms with Crippen molar-refractivity contribution in [1.82, 2.24) is 4.31 Å². The summed E-state index contributed by atoms with van der Waals surface area (Å²) in [4.78, 5) is 0. The third-order valence-corrected chi connectivity index (χ3v) is 4.23. The Morgan fingerprint density at radius 2 is 2.11 bits per heavy atom. The van der Waals surface area contributed by atoms with Crippen molar-refractivity contribution < 1.29 is 17.9 Å². The van der Waals surface area contributed by atoms with E-state index in [-0.39, 0.29) is 5.75 Å². The minimum Gasteiger partial charge on any atom is -0.505 e. The highest BCUT2D eigenvalue weighted by atomic mass is 32.2. The normalized spacial score (nSPS) is 17.6. The Balaban J connectivity index is 2.22. The molecule has 0 bridgehead atoms. The van der Waals surface area contributed by atoms with E-state index in [1.807, 2.05) is 0 Å². The molecule has 2 rings (SSSR count). The Kier molecular flexibility index (Phi) is 3.41. The fraction of sp³-hybridized carbons (Fsp3) is 0.333. The molecular weight excluding hydrogens is 257 g/mol. The predicted molar refractivity (Wildman–Crippen MR) is 67.1 cm³/mol. The summed E-state index contributed by atoms with van der Waals surface area (Å²) in [5.41, 5.74) is 1.58. The van der Waals surface area contributed by atoms with Gasteiger partial charge in [-0.2, -0.15) is 4.31 Å². The van der Waals surface area contributed by atoms with Gasteiger partial charge in [-0.25, -0.2) is 12.8 Å². The number of hydrogen-bond donors (Lipinski definition) is 1. The number of rotatable bonds is 2. The molecule has 18 heavy (non-hydrogen) atoms. The summed E-state index contributed by atoms with van der Waals surface area (Å²) in [6.07, 6.45) is 3.49. The quantitative estimate of drug-likeness (QED) is 0.888. The van der Waals surface area contributed by atoms with Crippen LogP contribution in [0.3, 0.4) is 0 Å². The van der Waals surface area contributed by atoms with Crippen molar-refractivity contribution in [3.8, 4) is 5.75 Å². The standard InChI is InChI=1S/C12H14FNO3S/c1-18(16,17)14-6-4-9(5-7-14)10-2-3-12(15)11(13)8-10/h2-4,8,15H,5-7H2,1H3. The van der Waals surface area contributed by atoms with Gasteiger partial charge in [0.2, 0.25) is 10.0 Å². The second-order valence-corrected chi connectivity index (χ2v) is 6.25. The fourth-order valence-electron chi connectivity index (χ4n) is 1.92. The van der Waals surface area contributed by atoms with Crippen LogP contribution in [0.5, 0.6) is 5.75 Å². The largest absolute Gasteiger partial charge is 0.505 e. The minimum absolute atomic E-state index is 0.302. The Hall–Kier alpha value is -1.40. The molecule has 1 aliphatic heterocycles. The zero-order valence-corrected chi connectivity index (χ0v) is 10.7. The highest BCUT2D eigenvalue weighted by Crippen LogP contribution is 2.26. The molecule has 0 saturated heterocycles. The lowest BCUT2D eigenvalue weighted by Crippen LogP contribution is -2.33. The summed E-state index contributed by atoms with van der Waals surface area (Å²) in [6, 6.07) is 4.19. The number of benzene rings is 1. The van der Waals surface area contributed by atoms with Crippen LogP contribution in [0.2, 0.25) is 0 Å². The number of halogens is 1. The molecular formula is C12H14FNO3S. The molecule has 6 heteroatoms. The van der Waals surface area contributed by atoms with Gasteiger partial charge in [-0.05, 0) is 29.7 Å². The molecule has 0 unspecified atom stereocenters. The van der Waals surface area contributed by atoms with Gasteiger partial charge in [0.05, 0.1) is 6.26 Å². The van der Waals surface area contributed by atoms with E-state index in [2.05, 4.69) is 0 Å². The Labute approximate surface area is 105 Å². The number of phenolic OH excluding ortho intramolecular Hbond substituents is 1. The molecule has 4 nitrogen and oxygen atoms in total. The van der Waals surface area contributed by atoms with Crippen molar-refractivity contribution in [3.05, 3.63) is 35.7 Å². The van der Waals surface area contributed by atoms with Crippen molar-refractivity contribution >= 4 is 15.6 Å². The number of hydrogen-bond acceptors (Lipinski definition) is 3. The first-order chi connectivity index (χ1) is 8.38. The lowest BCUT2D eigenvalue weighted by Gasteiger charge is -2.24. The average Bonchev–Trinajstić information content (AvgIpc) is 2.32. The molecule has 0 spiro atoms. The van der Waals surface area contributed by atoms with Gasteiger partial charge in [-0.15, -0.1) is 0 Å². The summed E-state index contributed by atoms with van der Waals surface area (Å²) in [5.74, 6) is -1.05. The summed E-state index contributed by atoms with van der Waals surface area (Å²) in [6.45, 7) is 0.698. The third kappa shape index (κ3) is 2.70. The number of sulfonamides is 1. The van der Waals surface area contributed by atoms with Gasteiger partial charge in [0.15, 0.2) is 11.6 Å². The van der Waals surface area contributed by atoms with Crippen LogP contribution < -0.4 is 0 Å². The molecule has 1 heterocycles. The SMILES string of the molecule is CS(=O)(=O)N1CC=C(c2ccc(O)c(F)c2)CC1. The van der Waals surface area contributed by atoms with Gasteiger partial charge in [0.1, 0.15) is 0 Å². The minimum atomic E-state index is -3.17. The maximum absolute atomic E-state index is 13.2. The molecule has 1 aromatic rings. The predicted octanol–water partition coefficient (Wildman–Crippen LogP) is 1.58. The van der Waals surface area contributed by atoms with Gasteiger partial charge in [-0.3, -0.25) is 0 Å². The van der Waals surface area contributed by atoms with Crippen molar-refractivity contribution in [3.63, 3.8) is 0 Å². The van der Waals surface area contributed by atoms with E-state index in [0.29, 0.717) is 25.1 Å². The Bertz CT molecular complexity index is 595. The summed E-state index contributed by atoms with van der Waals surface area (Å²) in [7, 11) is -3.17. The van der Waals surface area contributed by atoms with E-state index in [0.717, 1.165) is 5.57 Å². The molecule has 0 aromatic heterocycles. The number of phenols is 1. The first-order valence-electron chi connectivity index (χ1n) is 5.51. The van der Waals surface area contributed by atoms with E-state index in [4.69, 9.17) is 5.11 Å². The highest BCUT2D eigenvalue weighted by molar-refractivity contribution is 7.88. The molecule has 1 aromatic carbocycles. The second-order valence-electron chi connectivity index (χ2n) is 4.27. The molecule has 1 aliphatic rings. The third-order valence-electron chi connectivity index (χ3n) is 2.96. The van der Waals surface area contributed by atoms with E-state index >= 15 is 0 Å². The maximum atomic E-state index is 13.2. The topological polar surface area (TPSA) is 57.6 Å². The first-order valence-corrected chi connectivity index (χ1v) is 7.36. The maximum Gasteiger partial charge on any atom is 0.211 e. The van der Waals surface area contributed by atoms with E-state index in [1.54, 1.807) is 12.1 Å². The van der Waals surface area contributed by atoms with E-state index in [9.17, 15) is 12.8 Å². The first kappa shape index (κ1) is 13.0. The van der Waals surface area contributed by atoms with Crippen LogP contribution in [0.15, 0.2) is 24.3 Å². The lowest BCUT2D eigenvalue weighted by atomic mass is 10.00. The number of nitrogens with zero attached hydrogens (tertiary/aromatic N) is 1. The highest BCUT2D eigenvalue weighted by Gasteiger charge is 2.20. The molecule has 0 radical (unpaired) electrons. The van der Waals surface area contributed by atoms with Gasteiger partial charge in [0.25, 0.3) is 0 Å². The zero-order chi connectivity index (χ0) is 13.3. The van der Waals surface area contributed by atoms with Crippen molar-refractivity contribution in [2.75, 3.05) is 19.3 Å². The smallest absolute Gasteiger partial charge is 0.211 e. The van der Waals surface area contributed by atoms with Crippen LogP contribution >= 0.6 is 0 Å². The van der Waals surface area contributed by atoms with Crippen LogP contribution in [0, 0.1) is 5.82 Å². The Morgan fingerprint density at radius 3 is 2.61 bits per heavy atom. The monoisotopic (exact) mass is 271 g/mol. The summed E-state index contributed by atoms with van der Waals surface area (Å²) < 4.78 is 37.2. The molecule has 1 N–H and O–H groups in total. The van der Waals surface area contributed by atoms with Crippen LogP contribution in [-0.4, -0.2) is 37.2 Å². The lowest BCUT2D eigenvalue weighted by molar-refractivity contribution is 0.432. The van der Waals surface area contributed by atoms with Gasteiger partial charge >= 0.3 is 0 Å². The van der Waals surface area contributed by atoms with Gasteiger partial charge in [0, 0.05) is 13.1 Å². The van der Waals surface area contributed by atoms with Gasteiger partial charge in [-0.1, -0.05) is 12.1 Å². The molecule has 0 fully saturated rings. The van der Waals surface area contributed by atoms with E-state index < -0.39 is 15.8 Å². The molecule has 0 aliphatic carbocycles. The second kappa shape index (κ2) is 4.70. The van der Waals surface area contributed by atoms with Crippen molar-refractivity contribution in [1.29, 1.82) is 0 Å². The zero-order valence-electron chi connectivity index (χ0n) is 9.93. The summed E-state index contributed by atoms with van der Waals surface area (Å²) in [5, 5.41) is 9.11. The van der Waals surface area contributed by atoms with Crippen molar-refractivity contribution in [2.24, 2.45) is 0 Å². The molecule has 98 valence electrons. The number of aromatic hydroxyl groups is 1.